The summed E-state index contributed by atoms with van der Waals surface area (Å²) < 4.78 is 0. The first-order chi connectivity index (χ1) is 8.74. The Kier molecular flexibility index (Phi) is 3.39. The second kappa shape index (κ2) is 5.02. The van der Waals surface area contributed by atoms with Crippen LogP contribution < -0.4 is 5.32 Å². The lowest BCUT2D eigenvalue weighted by atomic mass is 10.1. The van der Waals surface area contributed by atoms with Gasteiger partial charge in [-0.3, -0.25) is 4.79 Å². The molecule has 2 fully saturated rings. The van der Waals surface area contributed by atoms with Gasteiger partial charge in [0, 0.05) is 18.6 Å². The van der Waals surface area contributed by atoms with E-state index in [1.165, 1.54) is 18.4 Å². The molecular formula is C14H20N2OS. The van der Waals surface area contributed by atoms with Crippen LogP contribution in [-0.2, 0) is 11.2 Å². The topological polar surface area (TPSA) is 32.3 Å². The Morgan fingerprint density at radius 2 is 2.33 bits per heavy atom. The average Bonchev–Trinajstić information content (AvgIpc) is 2.88. The van der Waals surface area contributed by atoms with Crippen LogP contribution in [0.4, 0.5) is 0 Å². The van der Waals surface area contributed by atoms with E-state index in [-0.39, 0.29) is 6.04 Å². The third kappa shape index (κ3) is 2.59. The lowest BCUT2D eigenvalue weighted by Crippen LogP contribution is -2.43. The normalized spacial score (nSPS) is 25.7. The second-order valence-electron chi connectivity index (χ2n) is 5.50. The quantitative estimate of drug-likeness (QED) is 0.882. The molecule has 2 heterocycles. The maximum absolute atomic E-state index is 12.3. The van der Waals surface area contributed by atoms with E-state index < -0.39 is 0 Å². The predicted octanol–water partition coefficient (Wildman–Crippen LogP) is 2.03. The summed E-state index contributed by atoms with van der Waals surface area (Å²) in [6.45, 7) is 3.07. The van der Waals surface area contributed by atoms with Crippen LogP contribution in [-0.4, -0.2) is 35.5 Å². The van der Waals surface area contributed by atoms with Crippen molar-refractivity contribution in [3.8, 4) is 0 Å². The third-order valence-corrected chi connectivity index (χ3v) is 4.63. The summed E-state index contributed by atoms with van der Waals surface area (Å²) in [6.07, 6.45) is 4.44. The number of nitrogens with one attached hydrogen (secondary N) is 1. The molecule has 0 radical (unpaired) electrons. The highest BCUT2D eigenvalue weighted by atomic mass is 32.1. The lowest BCUT2D eigenvalue weighted by molar-refractivity contribution is -0.131. The number of nitrogens with zero attached hydrogens (tertiary/aromatic N) is 1. The molecule has 2 atom stereocenters. The van der Waals surface area contributed by atoms with Crippen molar-refractivity contribution >= 4 is 17.2 Å². The summed E-state index contributed by atoms with van der Waals surface area (Å²) in [6, 6.07) is 3.17. The van der Waals surface area contributed by atoms with Crippen molar-refractivity contribution in [2.75, 3.05) is 6.54 Å². The SMILES string of the molecule is CC(Cc1ccsc1)N1CCC(NC2CC2)C1=O. The van der Waals surface area contributed by atoms with Gasteiger partial charge in [0.2, 0.25) is 5.91 Å². The zero-order chi connectivity index (χ0) is 12.5. The molecule has 1 aliphatic heterocycles. The molecule has 98 valence electrons. The van der Waals surface area contributed by atoms with Crippen LogP contribution in [0.25, 0.3) is 0 Å². The fourth-order valence-corrected chi connectivity index (χ4v) is 3.37. The van der Waals surface area contributed by atoms with E-state index >= 15 is 0 Å². The van der Waals surface area contributed by atoms with Gasteiger partial charge in [0.25, 0.3) is 0 Å². The van der Waals surface area contributed by atoms with Gasteiger partial charge in [-0.1, -0.05) is 0 Å². The van der Waals surface area contributed by atoms with Crippen molar-refractivity contribution in [2.45, 2.75) is 50.7 Å². The highest BCUT2D eigenvalue weighted by Gasteiger charge is 2.37. The predicted molar refractivity (Wildman–Crippen MR) is 73.8 cm³/mol. The fourth-order valence-electron chi connectivity index (χ4n) is 2.69. The Bertz CT molecular complexity index is 413. The molecule has 1 aromatic heterocycles. The Morgan fingerprint density at radius 1 is 1.50 bits per heavy atom. The molecule has 2 unspecified atom stereocenters. The van der Waals surface area contributed by atoms with Crippen molar-refractivity contribution in [2.24, 2.45) is 0 Å². The van der Waals surface area contributed by atoms with Gasteiger partial charge in [-0.15, -0.1) is 0 Å². The summed E-state index contributed by atoms with van der Waals surface area (Å²) in [5, 5.41) is 7.74. The number of carbonyl (C=O) groups is 1. The van der Waals surface area contributed by atoms with Gasteiger partial charge < -0.3 is 10.2 Å². The van der Waals surface area contributed by atoms with Gasteiger partial charge in [-0.25, -0.2) is 0 Å². The second-order valence-corrected chi connectivity index (χ2v) is 6.28. The molecule has 0 bridgehead atoms. The van der Waals surface area contributed by atoms with Crippen molar-refractivity contribution in [1.29, 1.82) is 0 Å². The van der Waals surface area contributed by atoms with Crippen LogP contribution in [0.1, 0.15) is 31.7 Å². The highest BCUT2D eigenvalue weighted by Crippen LogP contribution is 2.24. The molecule has 1 saturated heterocycles. The molecule has 3 rings (SSSR count). The molecule has 0 aromatic carbocycles. The van der Waals surface area contributed by atoms with E-state index in [4.69, 9.17) is 0 Å². The summed E-state index contributed by atoms with van der Waals surface area (Å²) in [5.41, 5.74) is 1.35. The smallest absolute Gasteiger partial charge is 0.240 e. The minimum absolute atomic E-state index is 0.0856. The van der Waals surface area contributed by atoms with Crippen LogP contribution in [0.5, 0.6) is 0 Å². The van der Waals surface area contributed by atoms with E-state index in [1.54, 1.807) is 11.3 Å². The molecule has 3 nitrogen and oxygen atoms in total. The van der Waals surface area contributed by atoms with E-state index in [9.17, 15) is 4.79 Å². The zero-order valence-electron chi connectivity index (χ0n) is 10.8. The molecule has 1 N–H and O–H groups in total. The maximum atomic E-state index is 12.3. The number of rotatable bonds is 5. The van der Waals surface area contributed by atoms with Crippen LogP contribution in [0.2, 0.25) is 0 Å². The maximum Gasteiger partial charge on any atom is 0.240 e. The Hall–Kier alpha value is -0.870. The van der Waals surface area contributed by atoms with Crippen molar-refractivity contribution in [3.63, 3.8) is 0 Å². The summed E-state index contributed by atoms with van der Waals surface area (Å²) >= 11 is 1.73. The standard InChI is InChI=1S/C14H20N2OS/c1-10(8-11-5-7-18-9-11)16-6-4-13(14(16)17)15-12-2-3-12/h5,7,9-10,12-13,15H,2-4,6,8H2,1H3. The van der Waals surface area contributed by atoms with Crippen molar-refractivity contribution < 1.29 is 4.79 Å². The molecule has 18 heavy (non-hydrogen) atoms. The summed E-state index contributed by atoms with van der Waals surface area (Å²) in [7, 11) is 0. The number of thiophene rings is 1. The van der Waals surface area contributed by atoms with Gasteiger partial charge in [0.15, 0.2) is 0 Å². The van der Waals surface area contributed by atoms with E-state index in [1.807, 2.05) is 0 Å². The fraction of sp³-hybridized carbons (Fsp3) is 0.643. The molecule has 1 aromatic rings. The Labute approximate surface area is 112 Å². The lowest BCUT2D eigenvalue weighted by Gasteiger charge is -2.24. The van der Waals surface area contributed by atoms with Crippen molar-refractivity contribution in [3.05, 3.63) is 22.4 Å². The van der Waals surface area contributed by atoms with Gasteiger partial charge in [0.1, 0.15) is 0 Å². The minimum atomic E-state index is 0.0856. The summed E-state index contributed by atoms with van der Waals surface area (Å²) in [4.78, 5) is 14.4. The van der Waals surface area contributed by atoms with Gasteiger partial charge in [0.05, 0.1) is 6.04 Å². The molecule has 1 aliphatic carbocycles. The molecule has 4 heteroatoms. The summed E-state index contributed by atoms with van der Waals surface area (Å²) in [5.74, 6) is 0.310. The first-order valence-electron chi connectivity index (χ1n) is 6.81. The first kappa shape index (κ1) is 12.2. The Balaban J connectivity index is 1.57. The Morgan fingerprint density at radius 3 is 3.00 bits per heavy atom. The molecule has 2 aliphatic rings. The molecule has 1 amide bonds. The monoisotopic (exact) mass is 264 g/mol. The van der Waals surface area contributed by atoms with Crippen LogP contribution in [0, 0.1) is 0 Å². The molecular weight excluding hydrogens is 244 g/mol. The molecule has 1 saturated carbocycles. The number of likely N-dealkylation sites (tertiary alicyclic amines) is 1. The highest BCUT2D eigenvalue weighted by molar-refractivity contribution is 7.07. The molecule has 0 spiro atoms. The van der Waals surface area contributed by atoms with Gasteiger partial charge in [-0.05, 0) is 55.0 Å². The third-order valence-electron chi connectivity index (χ3n) is 3.90. The first-order valence-corrected chi connectivity index (χ1v) is 7.76. The van der Waals surface area contributed by atoms with Crippen LogP contribution in [0.3, 0.4) is 0 Å². The van der Waals surface area contributed by atoms with Gasteiger partial charge >= 0.3 is 0 Å². The van der Waals surface area contributed by atoms with Gasteiger partial charge in [-0.2, -0.15) is 11.3 Å². The zero-order valence-corrected chi connectivity index (χ0v) is 11.6. The van der Waals surface area contributed by atoms with Crippen LogP contribution >= 0.6 is 11.3 Å². The van der Waals surface area contributed by atoms with E-state index in [2.05, 4.69) is 34.0 Å². The number of hydrogen-bond acceptors (Lipinski definition) is 3. The van der Waals surface area contributed by atoms with E-state index in [0.717, 1.165) is 19.4 Å². The number of amides is 1. The number of carbonyl (C=O) groups excluding carboxylic acids is 1. The van der Waals surface area contributed by atoms with Crippen LogP contribution in [0.15, 0.2) is 16.8 Å². The average molecular weight is 264 g/mol. The number of hydrogen-bond donors (Lipinski definition) is 1. The minimum Gasteiger partial charge on any atom is -0.338 e. The largest absolute Gasteiger partial charge is 0.338 e. The van der Waals surface area contributed by atoms with E-state index in [0.29, 0.717) is 18.0 Å². The van der Waals surface area contributed by atoms with Crippen molar-refractivity contribution in [1.82, 2.24) is 10.2 Å².